The zero-order valence-corrected chi connectivity index (χ0v) is 13.2. The van der Waals surface area contributed by atoms with Gasteiger partial charge in [0.25, 0.3) is 0 Å². The number of aryl methyl sites for hydroxylation is 1. The Morgan fingerprint density at radius 3 is 2.58 bits per heavy atom. The Bertz CT molecular complexity index is 597. The van der Waals surface area contributed by atoms with Crippen LogP contribution in [0.1, 0.15) is 36.7 Å². The Kier molecular flexibility index (Phi) is 4.20. The highest BCUT2D eigenvalue weighted by molar-refractivity contribution is 9.10. The van der Waals surface area contributed by atoms with Crippen LogP contribution in [0.15, 0.2) is 28.9 Å². The summed E-state index contributed by atoms with van der Waals surface area (Å²) in [6, 6.07) is 7.79. The predicted molar refractivity (Wildman–Crippen MR) is 79.8 cm³/mol. The lowest BCUT2D eigenvalue weighted by atomic mass is 10.1. The number of nitrogens with zero attached hydrogens (tertiary/aromatic N) is 2. The average molecular weight is 321 g/mol. The molecule has 3 nitrogen and oxygen atoms in total. The molecule has 100 valence electrons. The predicted octanol–water partition coefficient (Wildman–Crippen LogP) is 4.77. The van der Waals surface area contributed by atoms with Crippen LogP contribution >= 0.6 is 15.9 Å². The number of halogens is 1. The van der Waals surface area contributed by atoms with E-state index in [0.29, 0.717) is 5.88 Å². The summed E-state index contributed by atoms with van der Waals surface area (Å²) in [5, 5.41) is 0. The van der Waals surface area contributed by atoms with Crippen LogP contribution in [0.25, 0.3) is 0 Å². The SMILES string of the molecule is Cc1cccc(Oc2cc(Br)nc(C(C)C)n2)c1C. The summed E-state index contributed by atoms with van der Waals surface area (Å²) in [5.41, 5.74) is 2.33. The van der Waals surface area contributed by atoms with Gasteiger partial charge in [-0.3, -0.25) is 0 Å². The van der Waals surface area contributed by atoms with Gasteiger partial charge in [0, 0.05) is 12.0 Å². The van der Waals surface area contributed by atoms with E-state index in [1.54, 1.807) is 6.07 Å². The van der Waals surface area contributed by atoms with Gasteiger partial charge in [-0.05, 0) is 47.0 Å². The molecule has 0 unspecified atom stereocenters. The Labute approximate surface area is 122 Å². The molecule has 0 amide bonds. The second kappa shape index (κ2) is 5.70. The fourth-order valence-electron chi connectivity index (χ4n) is 1.67. The lowest BCUT2D eigenvalue weighted by molar-refractivity contribution is 0.452. The van der Waals surface area contributed by atoms with Crippen molar-refractivity contribution in [3.8, 4) is 11.6 Å². The van der Waals surface area contributed by atoms with E-state index >= 15 is 0 Å². The van der Waals surface area contributed by atoms with Gasteiger partial charge < -0.3 is 4.74 Å². The van der Waals surface area contributed by atoms with Gasteiger partial charge in [-0.25, -0.2) is 4.98 Å². The molecule has 1 aromatic carbocycles. The molecule has 0 aliphatic carbocycles. The Morgan fingerprint density at radius 2 is 1.89 bits per heavy atom. The van der Waals surface area contributed by atoms with Crippen molar-refractivity contribution in [3.05, 3.63) is 45.8 Å². The van der Waals surface area contributed by atoms with E-state index in [4.69, 9.17) is 4.74 Å². The molecular formula is C15H17BrN2O. The van der Waals surface area contributed by atoms with Crippen LogP contribution < -0.4 is 4.74 Å². The van der Waals surface area contributed by atoms with Gasteiger partial charge in [-0.1, -0.05) is 26.0 Å². The topological polar surface area (TPSA) is 35.0 Å². The molecule has 2 rings (SSSR count). The molecule has 0 aliphatic heterocycles. The van der Waals surface area contributed by atoms with Crippen molar-refractivity contribution in [2.24, 2.45) is 0 Å². The minimum absolute atomic E-state index is 0.262. The third kappa shape index (κ3) is 3.32. The first-order valence-corrected chi connectivity index (χ1v) is 7.05. The zero-order chi connectivity index (χ0) is 14.0. The molecule has 0 saturated heterocycles. The van der Waals surface area contributed by atoms with Crippen molar-refractivity contribution in [2.45, 2.75) is 33.6 Å². The summed E-state index contributed by atoms with van der Waals surface area (Å²) in [5.74, 6) is 2.44. The van der Waals surface area contributed by atoms with Crippen molar-refractivity contribution in [3.63, 3.8) is 0 Å². The highest BCUT2D eigenvalue weighted by atomic mass is 79.9. The number of rotatable bonds is 3. The molecule has 0 aliphatic rings. The molecule has 0 fully saturated rings. The van der Waals surface area contributed by atoms with E-state index in [2.05, 4.69) is 52.7 Å². The molecule has 0 saturated carbocycles. The van der Waals surface area contributed by atoms with Gasteiger partial charge in [-0.15, -0.1) is 0 Å². The molecule has 1 heterocycles. The second-order valence-corrected chi connectivity index (χ2v) is 5.65. The van der Waals surface area contributed by atoms with Crippen LogP contribution in [-0.2, 0) is 0 Å². The van der Waals surface area contributed by atoms with Gasteiger partial charge in [0.15, 0.2) is 0 Å². The fourth-order valence-corrected chi connectivity index (χ4v) is 2.05. The van der Waals surface area contributed by atoms with E-state index in [-0.39, 0.29) is 5.92 Å². The number of benzene rings is 1. The maximum Gasteiger partial charge on any atom is 0.223 e. The van der Waals surface area contributed by atoms with Crippen molar-refractivity contribution < 1.29 is 4.74 Å². The van der Waals surface area contributed by atoms with Crippen LogP contribution in [0, 0.1) is 13.8 Å². The van der Waals surface area contributed by atoms with Gasteiger partial charge in [0.1, 0.15) is 16.2 Å². The third-order valence-electron chi connectivity index (χ3n) is 2.97. The van der Waals surface area contributed by atoms with E-state index in [1.807, 2.05) is 19.1 Å². The largest absolute Gasteiger partial charge is 0.439 e. The molecule has 0 bridgehead atoms. The summed E-state index contributed by atoms with van der Waals surface area (Å²) in [6.45, 7) is 8.23. The monoisotopic (exact) mass is 320 g/mol. The van der Waals surface area contributed by atoms with Crippen LogP contribution in [0.3, 0.4) is 0 Å². The Hall–Kier alpha value is -1.42. The molecule has 19 heavy (non-hydrogen) atoms. The first kappa shape index (κ1) is 14.0. The minimum atomic E-state index is 0.262. The molecule has 0 radical (unpaired) electrons. The highest BCUT2D eigenvalue weighted by Gasteiger charge is 2.10. The standard InChI is InChI=1S/C15H17BrN2O/c1-9(2)15-17-13(16)8-14(18-15)19-12-7-5-6-10(3)11(12)4/h5-9H,1-4H3. The van der Waals surface area contributed by atoms with Crippen LogP contribution in [0.2, 0.25) is 0 Å². The first-order chi connectivity index (χ1) is 8.97. The molecule has 2 aromatic rings. The maximum absolute atomic E-state index is 5.88. The van der Waals surface area contributed by atoms with E-state index in [0.717, 1.165) is 21.7 Å². The van der Waals surface area contributed by atoms with Crippen LogP contribution in [0.4, 0.5) is 0 Å². The first-order valence-electron chi connectivity index (χ1n) is 6.26. The Balaban J connectivity index is 2.35. The zero-order valence-electron chi connectivity index (χ0n) is 11.6. The van der Waals surface area contributed by atoms with Crippen molar-refractivity contribution >= 4 is 15.9 Å². The van der Waals surface area contributed by atoms with Gasteiger partial charge >= 0.3 is 0 Å². The van der Waals surface area contributed by atoms with Crippen molar-refractivity contribution in [1.29, 1.82) is 0 Å². The maximum atomic E-state index is 5.88. The minimum Gasteiger partial charge on any atom is -0.439 e. The molecular weight excluding hydrogens is 304 g/mol. The van der Waals surface area contributed by atoms with Crippen LogP contribution in [0.5, 0.6) is 11.6 Å². The van der Waals surface area contributed by atoms with E-state index in [1.165, 1.54) is 5.56 Å². The van der Waals surface area contributed by atoms with E-state index in [9.17, 15) is 0 Å². The third-order valence-corrected chi connectivity index (χ3v) is 3.38. The summed E-state index contributed by atoms with van der Waals surface area (Å²) < 4.78 is 6.62. The molecule has 0 N–H and O–H groups in total. The van der Waals surface area contributed by atoms with Gasteiger partial charge in [-0.2, -0.15) is 4.98 Å². The fraction of sp³-hybridized carbons (Fsp3) is 0.333. The van der Waals surface area contributed by atoms with Gasteiger partial charge in [0.2, 0.25) is 5.88 Å². The Morgan fingerprint density at radius 1 is 1.16 bits per heavy atom. The molecule has 1 aromatic heterocycles. The molecule has 0 spiro atoms. The molecule has 4 heteroatoms. The molecule has 0 atom stereocenters. The smallest absolute Gasteiger partial charge is 0.223 e. The van der Waals surface area contributed by atoms with Gasteiger partial charge in [0.05, 0.1) is 0 Å². The quantitative estimate of drug-likeness (QED) is 0.764. The van der Waals surface area contributed by atoms with E-state index < -0.39 is 0 Å². The second-order valence-electron chi connectivity index (χ2n) is 4.84. The number of ether oxygens (including phenoxy) is 1. The number of hydrogen-bond donors (Lipinski definition) is 0. The summed E-state index contributed by atoms with van der Waals surface area (Å²) in [6.07, 6.45) is 0. The normalized spacial score (nSPS) is 10.8. The summed E-state index contributed by atoms with van der Waals surface area (Å²) in [7, 11) is 0. The summed E-state index contributed by atoms with van der Waals surface area (Å²) in [4.78, 5) is 8.78. The number of aromatic nitrogens is 2. The highest BCUT2D eigenvalue weighted by Crippen LogP contribution is 2.27. The lowest BCUT2D eigenvalue weighted by Gasteiger charge is -2.11. The van der Waals surface area contributed by atoms with Crippen molar-refractivity contribution in [2.75, 3.05) is 0 Å². The number of hydrogen-bond acceptors (Lipinski definition) is 3. The summed E-state index contributed by atoms with van der Waals surface area (Å²) >= 11 is 3.40. The lowest BCUT2D eigenvalue weighted by Crippen LogP contribution is -2.00. The van der Waals surface area contributed by atoms with Crippen molar-refractivity contribution in [1.82, 2.24) is 9.97 Å². The van der Waals surface area contributed by atoms with Crippen LogP contribution in [-0.4, -0.2) is 9.97 Å². The average Bonchev–Trinajstić information content (AvgIpc) is 2.34.